The quantitative estimate of drug-likeness (QED) is 0.229. The average molecular weight is 662 g/mol. The predicted octanol–water partition coefficient (Wildman–Crippen LogP) is 5.44. The molecule has 0 amide bonds. The number of aromatic nitrogens is 2. The van der Waals surface area contributed by atoms with Crippen molar-refractivity contribution in [3.05, 3.63) is 102 Å². The van der Waals surface area contributed by atoms with Crippen LogP contribution in [0.15, 0.2) is 60.9 Å². The molecular formula is C26H22F4N4Pt. The SMILES string of the molecule is CN(C)c1ccnc(-c2[c-]c(F)cc(F)c2)c1.CNCc1ccnc(-c2[c-]c(F)cc(F)c2)c1.[Pt+2]. The monoisotopic (exact) mass is 661 g/mol. The predicted molar refractivity (Wildman–Crippen MR) is 124 cm³/mol. The van der Waals surface area contributed by atoms with Gasteiger partial charge in [-0.3, -0.25) is 0 Å². The molecule has 0 atom stereocenters. The topological polar surface area (TPSA) is 41.1 Å². The zero-order chi connectivity index (χ0) is 24.7. The van der Waals surface area contributed by atoms with Crippen LogP contribution in [-0.4, -0.2) is 31.1 Å². The third-order valence-corrected chi connectivity index (χ3v) is 4.62. The summed E-state index contributed by atoms with van der Waals surface area (Å²) in [6.45, 7) is 0.674. The molecule has 4 nitrogen and oxygen atoms in total. The Morgan fingerprint density at radius 2 is 1.29 bits per heavy atom. The smallest absolute Gasteiger partial charge is 0.378 e. The van der Waals surface area contributed by atoms with Crippen LogP contribution in [0, 0.1) is 35.4 Å². The Morgan fingerprint density at radius 3 is 1.77 bits per heavy atom. The van der Waals surface area contributed by atoms with Crippen molar-refractivity contribution in [2.24, 2.45) is 0 Å². The summed E-state index contributed by atoms with van der Waals surface area (Å²) >= 11 is 0. The average Bonchev–Trinajstić information content (AvgIpc) is 2.79. The summed E-state index contributed by atoms with van der Waals surface area (Å²) in [5.41, 5.74) is 3.54. The Bertz CT molecular complexity index is 1230. The van der Waals surface area contributed by atoms with E-state index in [1.54, 1.807) is 24.5 Å². The van der Waals surface area contributed by atoms with Crippen LogP contribution in [-0.2, 0) is 27.6 Å². The van der Waals surface area contributed by atoms with E-state index in [0.29, 0.717) is 29.1 Å². The molecule has 35 heavy (non-hydrogen) atoms. The molecule has 0 aliphatic heterocycles. The van der Waals surface area contributed by atoms with Crippen molar-refractivity contribution in [1.29, 1.82) is 0 Å². The van der Waals surface area contributed by atoms with Crippen LogP contribution in [0.2, 0.25) is 0 Å². The van der Waals surface area contributed by atoms with E-state index in [9.17, 15) is 17.6 Å². The third-order valence-electron chi connectivity index (χ3n) is 4.62. The van der Waals surface area contributed by atoms with E-state index in [1.807, 2.05) is 38.2 Å². The van der Waals surface area contributed by atoms with Crippen molar-refractivity contribution in [1.82, 2.24) is 15.3 Å². The Kier molecular flexibility index (Phi) is 10.5. The molecule has 0 saturated heterocycles. The molecule has 0 saturated carbocycles. The number of pyridine rings is 2. The Morgan fingerprint density at radius 1 is 0.771 bits per heavy atom. The van der Waals surface area contributed by atoms with Crippen molar-refractivity contribution < 1.29 is 38.6 Å². The van der Waals surface area contributed by atoms with Gasteiger partial charge in [-0.15, -0.1) is 35.4 Å². The summed E-state index contributed by atoms with van der Waals surface area (Å²) in [5, 5.41) is 3.00. The van der Waals surface area contributed by atoms with E-state index in [4.69, 9.17) is 0 Å². The van der Waals surface area contributed by atoms with Gasteiger partial charge in [0.25, 0.3) is 0 Å². The van der Waals surface area contributed by atoms with E-state index < -0.39 is 23.3 Å². The molecule has 0 radical (unpaired) electrons. The van der Waals surface area contributed by atoms with Crippen molar-refractivity contribution in [2.45, 2.75) is 6.54 Å². The van der Waals surface area contributed by atoms with Crippen LogP contribution in [0.25, 0.3) is 22.5 Å². The Balaban J connectivity index is 0.000000240. The fourth-order valence-electron chi connectivity index (χ4n) is 3.06. The maximum absolute atomic E-state index is 13.1. The molecule has 2 aromatic heterocycles. The molecule has 4 rings (SSSR count). The van der Waals surface area contributed by atoms with Gasteiger partial charge < -0.3 is 20.2 Å². The minimum absolute atomic E-state index is 0. The summed E-state index contributed by atoms with van der Waals surface area (Å²) in [6.07, 6.45) is 3.21. The molecule has 184 valence electrons. The number of rotatable bonds is 5. The largest absolute Gasteiger partial charge is 2.00 e. The van der Waals surface area contributed by atoms with Crippen LogP contribution in [0.4, 0.5) is 23.2 Å². The molecule has 0 bridgehead atoms. The number of hydrogen-bond donors (Lipinski definition) is 1. The maximum Gasteiger partial charge on any atom is 2.00 e. The first kappa shape index (κ1) is 28.1. The van der Waals surface area contributed by atoms with E-state index in [1.165, 1.54) is 12.1 Å². The van der Waals surface area contributed by atoms with Crippen LogP contribution in [0.3, 0.4) is 0 Å². The second kappa shape index (κ2) is 13.1. The molecule has 0 fully saturated rings. The maximum atomic E-state index is 13.1. The fraction of sp³-hybridized carbons (Fsp3) is 0.154. The van der Waals surface area contributed by atoms with Crippen molar-refractivity contribution in [3.8, 4) is 22.5 Å². The van der Waals surface area contributed by atoms with Gasteiger partial charge in [-0.25, -0.2) is 17.6 Å². The number of halogens is 4. The van der Waals surface area contributed by atoms with E-state index in [2.05, 4.69) is 27.4 Å². The van der Waals surface area contributed by atoms with Gasteiger partial charge in [-0.05, 0) is 36.1 Å². The molecule has 2 heterocycles. The summed E-state index contributed by atoms with van der Waals surface area (Å²) in [5.74, 6) is -2.71. The van der Waals surface area contributed by atoms with Crippen molar-refractivity contribution in [3.63, 3.8) is 0 Å². The number of nitrogens with one attached hydrogen (secondary N) is 1. The fourth-order valence-corrected chi connectivity index (χ4v) is 3.06. The second-order valence-electron chi connectivity index (χ2n) is 7.49. The number of anilines is 1. The van der Waals surface area contributed by atoms with Gasteiger partial charge in [0.1, 0.15) is 0 Å². The van der Waals surface area contributed by atoms with Gasteiger partial charge in [-0.2, -0.15) is 0 Å². The zero-order valence-electron chi connectivity index (χ0n) is 19.2. The van der Waals surface area contributed by atoms with Crippen LogP contribution < -0.4 is 10.2 Å². The second-order valence-corrected chi connectivity index (χ2v) is 7.49. The van der Waals surface area contributed by atoms with Crippen LogP contribution >= 0.6 is 0 Å². The summed E-state index contributed by atoms with van der Waals surface area (Å²) < 4.78 is 52.2. The van der Waals surface area contributed by atoms with Crippen LogP contribution in [0.5, 0.6) is 0 Å². The molecule has 0 spiro atoms. The minimum atomic E-state index is -0.725. The van der Waals surface area contributed by atoms with Gasteiger partial charge >= 0.3 is 21.1 Å². The summed E-state index contributed by atoms with van der Waals surface area (Å²) in [6, 6.07) is 16.1. The van der Waals surface area contributed by atoms with E-state index in [-0.39, 0.29) is 21.1 Å². The molecule has 4 aromatic rings. The minimum Gasteiger partial charge on any atom is -0.378 e. The van der Waals surface area contributed by atoms with Crippen LogP contribution in [0.1, 0.15) is 5.56 Å². The van der Waals surface area contributed by atoms with Gasteiger partial charge in [-0.1, -0.05) is 24.3 Å². The van der Waals surface area contributed by atoms with Gasteiger partial charge in [0.2, 0.25) is 0 Å². The standard InChI is InChI=1S/2C13H11F2N2.Pt/c1-17(2)12-3-4-16-13(8-12)9-5-10(14)7-11(15)6-9;1-16-8-9-2-3-17-13(4-9)10-5-11(14)7-12(15)6-10;/h3-5,7-8H,1-2H3;2-5,7,16H,8H2,1H3;/q2*-1;+2. The van der Waals surface area contributed by atoms with E-state index >= 15 is 0 Å². The Labute approximate surface area is 216 Å². The summed E-state index contributed by atoms with van der Waals surface area (Å²) in [7, 11) is 5.60. The number of hydrogen-bond acceptors (Lipinski definition) is 4. The number of nitrogens with zero attached hydrogens (tertiary/aromatic N) is 3. The van der Waals surface area contributed by atoms with Crippen molar-refractivity contribution >= 4 is 5.69 Å². The van der Waals surface area contributed by atoms with Gasteiger partial charge in [0.05, 0.1) is 0 Å². The molecule has 0 aliphatic carbocycles. The van der Waals surface area contributed by atoms with Gasteiger partial charge in [0, 0.05) is 62.0 Å². The number of benzene rings is 2. The molecule has 0 aliphatic rings. The zero-order valence-corrected chi connectivity index (χ0v) is 21.4. The molecule has 9 heteroatoms. The van der Waals surface area contributed by atoms with E-state index in [0.717, 1.165) is 23.4 Å². The molecule has 1 N–H and O–H groups in total. The normalized spacial score (nSPS) is 10.1. The first-order chi connectivity index (χ1) is 16.2. The first-order valence-electron chi connectivity index (χ1n) is 10.3. The van der Waals surface area contributed by atoms with Crippen molar-refractivity contribution in [2.75, 3.05) is 26.0 Å². The molecule has 0 unspecified atom stereocenters. The summed E-state index contributed by atoms with van der Waals surface area (Å²) in [4.78, 5) is 10.1. The van der Waals surface area contributed by atoms with Gasteiger partial charge in [0.15, 0.2) is 0 Å². The molecule has 2 aromatic carbocycles. The third kappa shape index (κ3) is 8.26. The molecular weight excluding hydrogens is 639 g/mol. The Hall–Kier alpha value is -3.09. The first-order valence-corrected chi connectivity index (χ1v) is 10.3.